The molecule has 0 aliphatic heterocycles. The molecule has 0 saturated carbocycles. The first-order valence-corrected chi connectivity index (χ1v) is 2.95. The Morgan fingerprint density at radius 3 is 2.20 bits per heavy atom. The van der Waals surface area contributed by atoms with Crippen molar-refractivity contribution < 1.29 is 24.2 Å². The average molecular weight is 145 g/mol. The van der Waals surface area contributed by atoms with Crippen LogP contribution in [0.25, 0.3) is 0 Å². The average Bonchev–Trinajstić information content (AvgIpc) is 1.41. The molecule has 1 heteroatoms. The van der Waals surface area contributed by atoms with Gasteiger partial charge >= 0.3 is 47.0 Å². The second-order valence-electron chi connectivity index (χ2n) is 0.692. The van der Waals surface area contributed by atoms with E-state index in [0.717, 1.165) is 0 Å². The molecule has 0 rings (SSSR count). The predicted octanol–water partition coefficient (Wildman–Crippen LogP) is 0.911. The molecule has 0 N–H and O–H groups in total. The van der Waals surface area contributed by atoms with E-state index < -0.39 is 0 Å². The van der Waals surface area contributed by atoms with E-state index in [2.05, 4.69) is 3.71 Å². The van der Waals surface area contributed by atoms with Crippen LogP contribution in [-0.4, -0.2) is 3.71 Å². The summed E-state index contributed by atoms with van der Waals surface area (Å²) in [5.41, 5.74) is 0. The Bertz CT molecular complexity index is 45.6. The summed E-state index contributed by atoms with van der Waals surface area (Å²) in [6, 6.07) is 0. The van der Waals surface area contributed by atoms with Crippen LogP contribution < -0.4 is 0 Å². The molecule has 0 aromatic rings. The van der Waals surface area contributed by atoms with Crippen LogP contribution in [0, 0.1) is 0 Å². The minimum absolute atomic E-state index is 1.47. The summed E-state index contributed by atoms with van der Waals surface area (Å²) in [5, 5.41) is 0. The van der Waals surface area contributed by atoms with Crippen LogP contribution in [0.3, 0.4) is 0 Å². The molecule has 0 saturated heterocycles. The quantitative estimate of drug-likeness (QED) is 0.514. The van der Waals surface area contributed by atoms with Gasteiger partial charge in [-0.2, -0.15) is 0 Å². The van der Waals surface area contributed by atoms with Crippen molar-refractivity contribution in [2.45, 2.75) is 6.92 Å². The van der Waals surface area contributed by atoms with E-state index in [-0.39, 0.29) is 0 Å². The summed E-state index contributed by atoms with van der Waals surface area (Å²) < 4.78 is 2.09. The summed E-state index contributed by atoms with van der Waals surface area (Å²) in [6.45, 7) is 2.01. The first-order valence-electron chi connectivity index (χ1n) is 1.53. The van der Waals surface area contributed by atoms with E-state index >= 15 is 0 Å². The van der Waals surface area contributed by atoms with Gasteiger partial charge in [0, 0.05) is 0 Å². The van der Waals surface area contributed by atoms with Crippen LogP contribution in [0.4, 0.5) is 0 Å². The summed E-state index contributed by atoms with van der Waals surface area (Å²) in [7, 11) is 0. The van der Waals surface area contributed by atoms with Crippen molar-refractivity contribution in [1.29, 1.82) is 0 Å². The zero-order chi connectivity index (χ0) is 4.12. The van der Waals surface area contributed by atoms with Gasteiger partial charge in [-0.1, -0.05) is 0 Å². The molecule has 5 heavy (non-hydrogen) atoms. The van der Waals surface area contributed by atoms with Crippen molar-refractivity contribution >= 4 is 3.71 Å². The molecule has 0 aliphatic carbocycles. The summed E-state index contributed by atoms with van der Waals surface area (Å²) in [6.07, 6.45) is 4.06. The Kier molecular flexibility index (Phi) is 4.94. The molecule has 0 radical (unpaired) electrons. The number of hydrogen-bond donors (Lipinski definition) is 0. The van der Waals surface area contributed by atoms with E-state index in [9.17, 15) is 0 Å². The molecular weight excluding hydrogens is 139 g/mol. The molecule has 0 nitrogen and oxygen atoms in total. The van der Waals surface area contributed by atoms with Gasteiger partial charge in [-0.05, 0) is 0 Å². The van der Waals surface area contributed by atoms with Crippen LogP contribution in [0.15, 0.2) is 12.2 Å². The Hall–Kier alpha value is 0.493. The van der Waals surface area contributed by atoms with Crippen molar-refractivity contribution in [1.82, 2.24) is 0 Å². The number of rotatable bonds is 1. The van der Waals surface area contributed by atoms with E-state index in [1.54, 1.807) is 0 Å². The van der Waals surface area contributed by atoms with Gasteiger partial charge in [0.15, 0.2) is 0 Å². The standard InChI is InChI=1S/C4H6.Zr/c1-3-4-2;/h1,3-4H,2H3;/b4-3-;. The fourth-order valence-electron chi connectivity index (χ4n) is 0.0962. The van der Waals surface area contributed by atoms with Crippen LogP contribution in [0.1, 0.15) is 6.92 Å². The van der Waals surface area contributed by atoms with E-state index in [1.807, 2.05) is 19.1 Å². The first-order chi connectivity index (χ1) is 2.41. The SMILES string of the molecule is C/C=C\[CH]=[Zr]. The zero-order valence-electron chi connectivity index (χ0n) is 3.23. The van der Waals surface area contributed by atoms with Gasteiger partial charge in [-0.15, -0.1) is 0 Å². The summed E-state index contributed by atoms with van der Waals surface area (Å²) in [5.74, 6) is 0. The maximum absolute atomic E-state index is 2.09. The van der Waals surface area contributed by atoms with Crippen molar-refractivity contribution in [3.8, 4) is 0 Å². The number of allylic oxidation sites excluding steroid dienone is 2. The molecule has 26 valence electrons. The monoisotopic (exact) mass is 144 g/mol. The van der Waals surface area contributed by atoms with Gasteiger partial charge in [0.1, 0.15) is 0 Å². The van der Waals surface area contributed by atoms with E-state index in [1.165, 1.54) is 24.2 Å². The molecule has 0 aliphatic rings. The van der Waals surface area contributed by atoms with Gasteiger partial charge in [0.05, 0.1) is 0 Å². The zero-order valence-corrected chi connectivity index (χ0v) is 5.69. The molecule has 0 aromatic heterocycles. The van der Waals surface area contributed by atoms with Gasteiger partial charge in [0.2, 0.25) is 0 Å². The molecule has 0 unspecified atom stereocenters. The Balaban J connectivity index is 2.92. The van der Waals surface area contributed by atoms with Crippen LogP contribution >= 0.6 is 0 Å². The third-order valence-corrected chi connectivity index (χ3v) is 0.762. The van der Waals surface area contributed by atoms with E-state index in [4.69, 9.17) is 0 Å². The second kappa shape index (κ2) is 4.49. The van der Waals surface area contributed by atoms with Crippen molar-refractivity contribution in [3.63, 3.8) is 0 Å². The van der Waals surface area contributed by atoms with Gasteiger partial charge in [-0.3, -0.25) is 0 Å². The summed E-state index contributed by atoms with van der Waals surface area (Å²) in [4.78, 5) is 0. The third-order valence-electron chi connectivity index (χ3n) is 0.289. The topological polar surface area (TPSA) is 0 Å². The Morgan fingerprint density at radius 2 is 2.20 bits per heavy atom. The molecule has 0 spiro atoms. The van der Waals surface area contributed by atoms with E-state index in [0.29, 0.717) is 0 Å². The normalized spacial score (nSPS) is 8.80. The molecule has 0 amide bonds. The van der Waals surface area contributed by atoms with Crippen LogP contribution in [-0.2, 0) is 24.2 Å². The van der Waals surface area contributed by atoms with Gasteiger partial charge in [-0.25, -0.2) is 0 Å². The first kappa shape index (κ1) is 5.49. The van der Waals surface area contributed by atoms with Crippen molar-refractivity contribution in [3.05, 3.63) is 12.2 Å². The molecule has 0 fully saturated rings. The Labute approximate surface area is 47.2 Å². The summed E-state index contributed by atoms with van der Waals surface area (Å²) >= 11 is 1.47. The van der Waals surface area contributed by atoms with Gasteiger partial charge in [0.25, 0.3) is 0 Å². The van der Waals surface area contributed by atoms with Crippen molar-refractivity contribution in [2.75, 3.05) is 0 Å². The molecule has 0 atom stereocenters. The molecule has 0 heterocycles. The molecule has 0 bridgehead atoms. The fourth-order valence-corrected chi connectivity index (χ4v) is 0.569. The van der Waals surface area contributed by atoms with Gasteiger partial charge < -0.3 is 0 Å². The fraction of sp³-hybridized carbons (Fsp3) is 0.250. The molecule has 0 aromatic carbocycles. The van der Waals surface area contributed by atoms with Crippen molar-refractivity contribution in [2.24, 2.45) is 0 Å². The minimum atomic E-state index is 1.47. The Morgan fingerprint density at radius 1 is 1.60 bits per heavy atom. The predicted molar refractivity (Wildman–Crippen MR) is 20.9 cm³/mol. The molecular formula is C4H6Zr. The number of hydrogen-bond acceptors (Lipinski definition) is 0. The third kappa shape index (κ3) is 4.49. The van der Waals surface area contributed by atoms with Crippen LogP contribution in [0.5, 0.6) is 0 Å². The van der Waals surface area contributed by atoms with Crippen LogP contribution in [0.2, 0.25) is 0 Å². The maximum atomic E-state index is 2.09. The second-order valence-corrected chi connectivity index (χ2v) is 1.51.